The highest BCUT2D eigenvalue weighted by Gasteiger charge is 2.56. The predicted octanol–water partition coefficient (Wildman–Crippen LogP) is 10.2. The lowest BCUT2D eigenvalue weighted by Gasteiger charge is -2.33. The van der Waals surface area contributed by atoms with E-state index in [0.717, 1.165) is 107 Å². The Morgan fingerprint density at radius 2 is 0.963 bits per heavy atom. The van der Waals surface area contributed by atoms with Gasteiger partial charge in [0.15, 0.2) is 0 Å². The van der Waals surface area contributed by atoms with Crippen LogP contribution in [0.4, 0.5) is 0 Å². The highest BCUT2D eigenvalue weighted by molar-refractivity contribution is 6.04. The molecule has 4 aliphatic rings. The Balaban J connectivity index is 1.74. The Labute approximate surface area is 320 Å². The zero-order valence-corrected chi connectivity index (χ0v) is 34.1. The average molecular weight is 731 g/mol. The van der Waals surface area contributed by atoms with E-state index in [1.807, 2.05) is 13.8 Å². The summed E-state index contributed by atoms with van der Waals surface area (Å²) in [4.78, 5) is 47.0. The van der Waals surface area contributed by atoms with Gasteiger partial charge in [-0.15, -0.1) is 0 Å². The number of H-pyrrole nitrogens is 2. The molecule has 8 heteroatoms. The van der Waals surface area contributed by atoms with Crippen molar-refractivity contribution >= 4 is 46.2 Å². The first-order valence-electron chi connectivity index (χ1n) is 20.8. The van der Waals surface area contributed by atoms with Crippen molar-refractivity contribution in [2.75, 3.05) is 13.2 Å². The second kappa shape index (κ2) is 14.3. The maximum absolute atomic E-state index is 14.0. The van der Waals surface area contributed by atoms with Crippen LogP contribution in [0.2, 0.25) is 0 Å². The van der Waals surface area contributed by atoms with E-state index in [1.165, 1.54) is 22.3 Å². The van der Waals surface area contributed by atoms with Crippen molar-refractivity contribution in [2.24, 2.45) is 0 Å². The Kier molecular flexibility index (Phi) is 10.0. The molecule has 2 aliphatic carbocycles. The third-order valence-electron chi connectivity index (χ3n) is 13.2. The van der Waals surface area contributed by atoms with E-state index >= 15 is 0 Å². The van der Waals surface area contributed by atoms with Gasteiger partial charge in [-0.1, -0.05) is 55.4 Å². The summed E-state index contributed by atoms with van der Waals surface area (Å²) >= 11 is 0. The van der Waals surface area contributed by atoms with Crippen molar-refractivity contribution in [3.63, 3.8) is 0 Å². The number of aromatic amines is 2. The summed E-state index contributed by atoms with van der Waals surface area (Å²) in [5, 5.41) is 0. The fourth-order valence-electron chi connectivity index (χ4n) is 11.0. The Bertz CT molecular complexity index is 2110. The first kappa shape index (κ1) is 37.8. The van der Waals surface area contributed by atoms with Crippen LogP contribution < -0.4 is 0 Å². The molecule has 0 radical (unpaired) electrons. The molecular weight excluding hydrogens is 673 g/mol. The SMILES string of the molecule is CCOC(=O)C1=Cc2c3nc(cc4[nH]c(c5c6nc(cc7[nH]c2c(CC)c7CC)C(CC)C6(CC)C(C(=O)OCC)=C5)c(CC)c4CC)C(CC)C13CC. The summed E-state index contributed by atoms with van der Waals surface area (Å²) in [7, 11) is 0. The normalized spacial score (nSPS) is 22.4. The van der Waals surface area contributed by atoms with Gasteiger partial charge < -0.3 is 19.4 Å². The van der Waals surface area contributed by atoms with E-state index in [9.17, 15) is 9.59 Å². The lowest BCUT2D eigenvalue weighted by Crippen LogP contribution is -2.34. The van der Waals surface area contributed by atoms with Crippen molar-refractivity contribution in [3.8, 4) is 0 Å². The summed E-state index contributed by atoms with van der Waals surface area (Å²) in [5.41, 5.74) is 15.1. The molecule has 4 unspecified atom stereocenters. The molecule has 0 saturated heterocycles. The zero-order valence-electron chi connectivity index (χ0n) is 34.1. The molecule has 286 valence electrons. The predicted molar refractivity (Wildman–Crippen MR) is 218 cm³/mol. The van der Waals surface area contributed by atoms with Gasteiger partial charge in [-0.25, -0.2) is 9.59 Å². The Hall–Kier alpha value is -4.46. The molecule has 3 aromatic heterocycles. The van der Waals surface area contributed by atoms with Crippen molar-refractivity contribution in [2.45, 2.75) is 143 Å². The number of hydrogen-bond donors (Lipinski definition) is 2. The van der Waals surface area contributed by atoms with E-state index in [1.54, 1.807) is 0 Å². The molecule has 2 N–H and O–H groups in total. The molecule has 0 aromatic carbocycles. The summed E-state index contributed by atoms with van der Waals surface area (Å²) in [5.74, 6) is -0.571. The maximum atomic E-state index is 14.0. The van der Waals surface area contributed by atoms with E-state index in [-0.39, 0.29) is 23.8 Å². The highest BCUT2D eigenvalue weighted by atomic mass is 16.5. The molecule has 2 aliphatic heterocycles. The number of hydrogen-bond acceptors (Lipinski definition) is 6. The molecule has 0 amide bonds. The highest BCUT2D eigenvalue weighted by Crippen LogP contribution is 2.59. The van der Waals surface area contributed by atoms with E-state index < -0.39 is 10.8 Å². The third-order valence-corrected chi connectivity index (χ3v) is 13.2. The number of carbonyl (C=O) groups is 2. The summed E-state index contributed by atoms with van der Waals surface area (Å²) < 4.78 is 11.6. The van der Waals surface area contributed by atoms with Crippen molar-refractivity contribution in [1.82, 2.24) is 19.9 Å². The third kappa shape index (κ3) is 5.00. The van der Waals surface area contributed by atoms with Crippen LogP contribution in [0.15, 0.2) is 23.3 Å². The number of esters is 2. The van der Waals surface area contributed by atoms with E-state index in [4.69, 9.17) is 19.4 Å². The lowest BCUT2D eigenvalue weighted by atomic mass is 9.67. The van der Waals surface area contributed by atoms with Gasteiger partial charge in [0.05, 0.1) is 57.6 Å². The van der Waals surface area contributed by atoms with E-state index in [0.29, 0.717) is 24.4 Å². The monoisotopic (exact) mass is 730 g/mol. The number of nitrogens with one attached hydrogen (secondary N) is 2. The minimum absolute atomic E-state index is 0.0250. The number of rotatable bonds is 12. The van der Waals surface area contributed by atoms with Gasteiger partial charge in [-0.3, -0.25) is 9.97 Å². The second-order valence-corrected chi connectivity index (χ2v) is 15.2. The molecule has 8 bridgehead atoms. The molecule has 7 rings (SSSR count). The first-order chi connectivity index (χ1) is 26.1. The largest absolute Gasteiger partial charge is 0.463 e. The summed E-state index contributed by atoms with van der Waals surface area (Å²) in [6, 6.07) is 4.50. The molecule has 5 heterocycles. The van der Waals surface area contributed by atoms with Crippen LogP contribution in [0.1, 0.15) is 163 Å². The smallest absolute Gasteiger partial charge is 0.335 e. The molecule has 0 fully saturated rings. The van der Waals surface area contributed by atoms with Crippen LogP contribution >= 0.6 is 0 Å². The summed E-state index contributed by atoms with van der Waals surface area (Å²) in [6.45, 7) is 22.0. The van der Waals surface area contributed by atoms with Gasteiger partial charge in [-0.2, -0.15) is 0 Å². The van der Waals surface area contributed by atoms with Crippen LogP contribution in [-0.2, 0) is 55.6 Å². The number of carbonyl (C=O) groups excluding carboxylic acids is 2. The van der Waals surface area contributed by atoms with Gasteiger partial charge in [0, 0.05) is 45.4 Å². The van der Waals surface area contributed by atoms with Gasteiger partial charge in [0.1, 0.15) is 0 Å². The molecule has 0 spiro atoms. The first-order valence-corrected chi connectivity index (χ1v) is 20.8. The fourth-order valence-corrected chi connectivity index (χ4v) is 11.0. The van der Waals surface area contributed by atoms with Crippen LogP contribution in [0, 0.1) is 0 Å². The average Bonchev–Trinajstić information content (AvgIpc) is 3.98. The number of fused-ring (bicyclic) bond motifs is 8. The molecule has 4 atom stereocenters. The minimum Gasteiger partial charge on any atom is -0.463 e. The molecule has 3 aromatic rings. The van der Waals surface area contributed by atoms with Crippen LogP contribution in [0.3, 0.4) is 0 Å². The zero-order chi connectivity index (χ0) is 38.7. The fraction of sp³-hybridized carbons (Fsp3) is 0.522. The lowest BCUT2D eigenvalue weighted by molar-refractivity contribution is -0.140. The minimum atomic E-state index is -0.609. The van der Waals surface area contributed by atoms with Gasteiger partial charge in [0.25, 0.3) is 0 Å². The van der Waals surface area contributed by atoms with Gasteiger partial charge >= 0.3 is 11.9 Å². The van der Waals surface area contributed by atoms with Gasteiger partial charge in [-0.05, 0) is 112 Å². The molecular formula is C46H58N4O4. The topological polar surface area (TPSA) is 110 Å². The van der Waals surface area contributed by atoms with Crippen LogP contribution in [-0.4, -0.2) is 45.1 Å². The van der Waals surface area contributed by atoms with Gasteiger partial charge in [0.2, 0.25) is 0 Å². The molecule has 0 saturated carbocycles. The van der Waals surface area contributed by atoms with Crippen LogP contribution in [0.25, 0.3) is 34.2 Å². The van der Waals surface area contributed by atoms with Crippen molar-refractivity contribution < 1.29 is 19.1 Å². The Morgan fingerprint density at radius 3 is 1.26 bits per heavy atom. The number of nitrogens with zero attached hydrogens (tertiary/aromatic N) is 2. The summed E-state index contributed by atoms with van der Waals surface area (Å²) in [6.07, 6.45) is 10.5. The quantitative estimate of drug-likeness (QED) is 0.180. The number of aryl methyl sites for hydroxylation is 4. The van der Waals surface area contributed by atoms with E-state index in [2.05, 4.69) is 89.6 Å². The second-order valence-electron chi connectivity index (χ2n) is 15.2. The Morgan fingerprint density at radius 1 is 0.593 bits per heavy atom. The molecule has 54 heavy (non-hydrogen) atoms. The number of ether oxygens (including phenoxy) is 2. The van der Waals surface area contributed by atoms with Crippen LogP contribution in [0.5, 0.6) is 0 Å². The maximum Gasteiger partial charge on any atom is 0.335 e. The molecule has 8 nitrogen and oxygen atoms in total. The van der Waals surface area contributed by atoms with Crippen molar-refractivity contribution in [3.05, 3.63) is 79.4 Å². The van der Waals surface area contributed by atoms with Crippen molar-refractivity contribution in [1.29, 1.82) is 0 Å². The number of aromatic nitrogens is 4. The standard InChI is InChI=1S/C46H58N4O4/c1-11-25-27(13-3)39-29-21-33(43(51)53-19-9)46(18-8)32(16-6)38(50-41(29)46)24-36-26(12-2)28(14-4)40(48-36)30-22-34(44(52)54-20-10)45(17-7)31(15-5)37(49-42(30)45)23-35(25)47-39/h21-24,31-32,47-48H,11-20H2,1-10H3.